The third-order valence-corrected chi connectivity index (χ3v) is 6.40. The van der Waals surface area contributed by atoms with E-state index < -0.39 is 0 Å². The number of thioether (sulfide) groups is 1. The van der Waals surface area contributed by atoms with Gasteiger partial charge in [-0.05, 0) is 55.1 Å². The van der Waals surface area contributed by atoms with Crippen LogP contribution in [0.1, 0.15) is 49.8 Å². The van der Waals surface area contributed by atoms with E-state index in [4.69, 9.17) is 0 Å². The van der Waals surface area contributed by atoms with Crippen molar-refractivity contribution < 1.29 is 9.90 Å². The van der Waals surface area contributed by atoms with Crippen LogP contribution in [0.2, 0.25) is 0 Å². The van der Waals surface area contributed by atoms with Gasteiger partial charge in [-0.2, -0.15) is 11.8 Å². The van der Waals surface area contributed by atoms with Crippen LogP contribution < -0.4 is 5.32 Å². The topological polar surface area (TPSA) is 52.6 Å². The molecule has 0 radical (unpaired) electrons. The van der Waals surface area contributed by atoms with Gasteiger partial charge in [0.05, 0.1) is 6.04 Å². The fourth-order valence-electron chi connectivity index (χ4n) is 3.86. The zero-order valence-electron chi connectivity index (χ0n) is 13.9. The van der Waals surface area contributed by atoms with Crippen LogP contribution >= 0.6 is 11.8 Å². The van der Waals surface area contributed by atoms with E-state index in [-0.39, 0.29) is 12.1 Å². The van der Waals surface area contributed by atoms with E-state index in [0.29, 0.717) is 17.0 Å². The summed E-state index contributed by atoms with van der Waals surface area (Å²) >= 11 is 2.01. The SMILES string of the molecule is CCS[C@@H]1CC[C@@H](N(C)C(=O)N[C@H]2CCc3c(O)cccc32)C1. The molecule has 3 atom stereocenters. The van der Waals surface area contributed by atoms with Gasteiger partial charge in [-0.25, -0.2) is 4.79 Å². The van der Waals surface area contributed by atoms with Crippen molar-refractivity contribution in [2.24, 2.45) is 0 Å². The van der Waals surface area contributed by atoms with Gasteiger partial charge in [0, 0.05) is 18.3 Å². The van der Waals surface area contributed by atoms with E-state index in [1.165, 1.54) is 6.42 Å². The molecule has 2 N–H and O–H groups in total. The number of aromatic hydroxyl groups is 1. The highest BCUT2D eigenvalue weighted by atomic mass is 32.2. The van der Waals surface area contributed by atoms with Crippen LogP contribution in [0.5, 0.6) is 5.75 Å². The molecule has 0 aliphatic heterocycles. The van der Waals surface area contributed by atoms with Crippen molar-refractivity contribution in [3.8, 4) is 5.75 Å². The van der Waals surface area contributed by atoms with Crippen molar-refractivity contribution in [2.45, 2.75) is 56.4 Å². The molecule has 2 aliphatic rings. The summed E-state index contributed by atoms with van der Waals surface area (Å²) in [4.78, 5) is 14.5. The first-order valence-corrected chi connectivity index (χ1v) is 9.60. The lowest BCUT2D eigenvalue weighted by atomic mass is 10.1. The van der Waals surface area contributed by atoms with E-state index in [9.17, 15) is 9.90 Å². The number of hydrogen-bond acceptors (Lipinski definition) is 3. The van der Waals surface area contributed by atoms with Gasteiger partial charge in [0.1, 0.15) is 5.75 Å². The smallest absolute Gasteiger partial charge is 0.317 e. The molecule has 4 nitrogen and oxygen atoms in total. The van der Waals surface area contributed by atoms with Crippen LogP contribution in [-0.4, -0.2) is 40.1 Å². The number of amides is 2. The van der Waals surface area contributed by atoms with Crippen LogP contribution in [0.3, 0.4) is 0 Å². The molecule has 1 fully saturated rings. The van der Waals surface area contributed by atoms with E-state index >= 15 is 0 Å². The quantitative estimate of drug-likeness (QED) is 0.883. The van der Waals surface area contributed by atoms with Crippen LogP contribution in [0.4, 0.5) is 4.79 Å². The Balaban J connectivity index is 1.59. The van der Waals surface area contributed by atoms with Crippen molar-refractivity contribution in [1.82, 2.24) is 10.2 Å². The molecule has 1 aromatic carbocycles. The summed E-state index contributed by atoms with van der Waals surface area (Å²) in [6.07, 6.45) is 5.11. The number of carbonyl (C=O) groups is 1. The lowest BCUT2D eigenvalue weighted by Gasteiger charge is -2.27. The molecule has 1 aromatic rings. The van der Waals surface area contributed by atoms with E-state index in [2.05, 4.69) is 12.2 Å². The van der Waals surface area contributed by atoms with Gasteiger partial charge >= 0.3 is 6.03 Å². The summed E-state index contributed by atoms with van der Waals surface area (Å²) in [5.74, 6) is 1.50. The summed E-state index contributed by atoms with van der Waals surface area (Å²) in [6.45, 7) is 2.20. The zero-order chi connectivity index (χ0) is 16.4. The number of urea groups is 1. The summed E-state index contributed by atoms with van der Waals surface area (Å²) in [6, 6.07) is 5.97. The molecule has 0 heterocycles. The maximum absolute atomic E-state index is 12.6. The minimum atomic E-state index is 0.0124. The number of rotatable bonds is 4. The predicted molar refractivity (Wildman–Crippen MR) is 95.0 cm³/mol. The average Bonchev–Trinajstić information content (AvgIpc) is 3.15. The minimum absolute atomic E-state index is 0.0124. The first kappa shape index (κ1) is 16.5. The normalized spacial score (nSPS) is 26.1. The molecule has 2 aliphatic carbocycles. The second-order valence-corrected chi connectivity index (χ2v) is 8.12. The Morgan fingerprint density at radius 2 is 2.22 bits per heavy atom. The molecule has 3 rings (SSSR count). The summed E-state index contributed by atoms with van der Waals surface area (Å²) in [5.41, 5.74) is 2.05. The second kappa shape index (κ2) is 7.04. The number of fused-ring (bicyclic) bond motifs is 1. The third-order valence-electron chi connectivity index (χ3n) is 5.17. The van der Waals surface area contributed by atoms with Gasteiger partial charge < -0.3 is 15.3 Å². The van der Waals surface area contributed by atoms with Crippen molar-refractivity contribution in [3.05, 3.63) is 29.3 Å². The summed E-state index contributed by atoms with van der Waals surface area (Å²) in [5, 5.41) is 13.8. The maximum Gasteiger partial charge on any atom is 0.317 e. The third kappa shape index (κ3) is 3.44. The monoisotopic (exact) mass is 334 g/mol. The number of phenols is 1. The van der Waals surface area contributed by atoms with Crippen LogP contribution in [-0.2, 0) is 6.42 Å². The standard InChI is InChI=1S/C18H26N2O2S/c1-3-23-13-8-7-12(11-13)20(2)18(22)19-16-10-9-15-14(16)5-4-6-17(15)21/h4-6,12-13,16,21H,3,7-11H2,1-2H3,(H,19,22)/t12-,13-,16+/m1/s1. The predicted octanol–water partition coefficient (Wildman–Crippen LogP) is 3.70. The molecule has 5 heteroatoms. The van der Waals surface area contributed by atoms with E-state index in [1.54, 1.807) is 6.07 Å². The molecule has 0 aromatic heterocycles. The fourth-order valence-corrected chi connectivity index (χ4v) is 4.99. The van der Waals surface area contributed by atoms with Crippen molar-refractivity contribution in [2.75, 3.05) is 12.8 Å². The highest BCUT2D eigenvalue weighted by Gasteiger charge is 2.32. The van der Waals surface area contributed by atoms with Crippen molar-refractivity contribution >= 4 is 17.8 Å². The van der Waals surface area contributed by atoms with Gasteiger partial charge in [-0.15, -0.1) is 0 Å². The molecule has 0 saturated heterocycles. The van der Waals surface area contributed by atoms with Gasteiger partial charge in [-0.3, -0.25) is 0 Å². The van der Waals surface area contributed by atoms with Gasteiger partial charge in [0.15, 0.2) is 0 Å². The number of nitrogens with one attached hydrogen (secondary N) is 1. The average molecular weight is 334 g/mol. The Bertz CT molecular complexity index is 578. The Labute approximate surface area is 142 Å². The molecule has 0 unspecified atom stereocenters. The molecule has 0 bridgehead atoms. The first-order valence-electron chi connectivity index (χ1n) is 8.55. The van der Waals surface area contributed by atoms with Gasteiger partial charge in [0.25, 0.3) is 0 Å². The fraction of sp³-hybridized carbons (Fsp3) is 0.611. The molecule has 0 spiro atoms. The Kier molecular flexibility index (Phi) is 5.05. The largest absolute Gasteiger partial charge is 0.508 e. The molecule has 126 valence electrons. The van der Waals surface area contributed by atoms with E-state index in [1.807, 2.05) is 35.8 Å². The van der Waals surface area contributed by atoms with Gasteiger partial charge in [-0.1, -0.05) is 19.1 Å². The number of benzene rings is 1. The number of hydrogen-bond donors (Lipinski definition) is 2. The Hall–Kier alpha value is -1.36. The van der Waals surface area contributed by atoms with Crippen LogP contribution in [0, 0.1) is 0 Å². The number of phenolic OH excluding ortho intramolecular Hbond substituents is 1. The highest BCUT2D eigenvalue weighted by Crippen LogP contribution is 2.37. The van der Waals surface area contributed by atoms with Gasteiger partial charge in [0.2, 0.25) is 0 Å². The molecular formula is C18H26N2O2S. The molecular weight excluding hydrogens is 308 g/mol. The minimum Gasteiger partial charge on any atom is -0.508 e. The van der Waals surface area contributed by atoms with Crippen molar-refractivity contribution in [1.29, 1.82) is 0 Å². The van der Waals surface area contributed by atoms with Crippen LogP contribution in [0.25, 0.3) is 0 Å². The summed E-state index contributed by atoms with van der Waals surface area (Å²) < 4.78 is 0. The zero-order valence-corrected chi connectivity index (χ0v) is 14.7. The molecule has 23 heavy (non-hydrogen) atoms. The highest BCUT2D eigenvalue weighted by molar-refractivity contribution is 7.99. The Morgan fingerprint density at radius 3 is 3.00 bits per heavy atom. The maximum atomic E-state index is 12.6. The van der Waals surface area contributed by atoms with Crippen LogP contribution in [0.15, 0.2) is 18.2 Å². The Morgan fingerprint density at radius 1 is 1.39 bits per heavy atom. The van der Waals surface area contributed by atoms with Crippen molar-refractivity contribution in [3.63, 3.8) is 0 Å². The van der Waals surface area contributed by atoms with E-state index in [0.717, 1.165) is 42.6 Å². The summed E-state index contributed by atoms with van der Waals surface area (Å²) in [7, 11) is 1.91. The lowest BCUT2D eigenvalue weighted by molar-refractivity contribution is 0.187. The first-order chi connectivity index (χ1) is 11.1. The second-order valence-electron chi connectivity index (χ2n) is 6.54. The number of carbonyl (C=O) groups excluding carboxylic acids is 1. The molecule has 2 amide bonds. The number of nitrogens with zero attached hydrogens (tertiary/aromatic N) is 1. The lowest BCUT2D eigenvalue weighted by Crippen LogP contribution is -2.43. The molecule has 1 saturated carbocycles.